The molecule has 11 N–H and O–H groups in total. The number of nitrogen functional groups attached to an aromatic ring is 1. The molecule has 2 amide bonds. The van der Waals surface area contributed by atoms with Crippen LogP contribution in [-0.4, -0.2) is 134 Å². The van der Waals surface area contributed by atoms with Crippen molar-refractivity contribution in [2.75, 3.05) is 37.8 Å². The van der Waals surface area contributed by atoms with E-state index in [0.29, 0.717) is 25.0 Å². The maximum Gasteiger partial charge on any atom is 0.481 e. The highest BCUT2D eigenvalue weighted by molar-refractivity contribution is 8.13. The minimum absolute atomic E-state index is 0.0266. The van der Waals surface area contributed by atoms with Crippen molar-refractivity contribution in [3.63, 3.8) is 0 Å². The number of nitrogens with two attached hydrogens (primary N) is 1. The van der Waals surface area contributed by atoms with E-state index in [2.05, 4.69) is 59.6 Å². The van der Waals surface area contributed by atoms with Crippen molar-refractivity contribution in [3.8, 4) is 0 Å². The Balaban J connectivity index is 1.29. The zero-order valence-electron chi connectivity index (χ0n) is 40.0. The van der Waals surface area contributed by atoms with Gasteiger partial charge in [0.1, 0.15) is 36.3 Å². The number of phosphoric acid groups is 3. The molecule has 0 spiro atoms. The quantitative estimate of drug-likeness (QED) is 0.0208. The van der Waals surface area contributed by atoms with Crippen molar-refractivity contribution >= 4 is 69.1 Å². The number of aliphatic hydroxyl groups is 3. The zero-order valence-corrected chi connectivity index (χ0v) is 43.5. The Morgan fingerprint density at radius 3 is 2.21 bits per heavy atom. The number of thioether (sulfide) groups is 1. The van der Waals surface area contributed by atoms with Gasteiger partial charge in [-0.1, -0.05) is 105 Å². The average molecular weight is 1090 g/mol. The first-order chi connectivity index (χ1) is 33.9. The summed E-state index contributed by atoms with van der Waals surface area (Å²) < 4.78 is 62.4. The molecular weight excluding hydrogens is 1030 g/mol. The molecule has 3 rings (SSSR count). The molecule has 72 heavy (non-hydrogen) atoms. The predicted octanol–water partition coefficient (Wildman–Crippen LogP) is 4.11. The molecule has 1 aliphatic rings. The van der Waals surface area contributed by atoms with Crippen molar-refractivity contribution in [2.45, 2.75) is 109 Å². The van der Waals surface area contributed by atoms with Crippen LogP contribution in [0, 0.1) is 5.41 Å². The maximum atomic E-state index is 12.7. The summed E-state index contributed by atoms with van der Waals surface area (Å²) in [5, 5.41) is 36.4. The van der Waals surface area contributed by atoms with Crippen LogP contribution in [0.4, 0.5) is 5.82 Å². The summed E-state index contributed by atoms with van der Waals surface area (Å²) in [6, 6.07) is 0. The van der Waals surface area contributed by atoms with Gasteiger partial charge in [0.25, 0.3) is 0 Å². The van der Waals surface area contributed by atoms with Crippen molar-refractivity contribution in [1.82, 2.24) is 30.2 Å². The van der Waals surface area contributed by atoms with E-state index in [9.17, 15) is 63.0 Å². The predicted molar refractivity (Wildman–Crippen MR) is 266 cm³/mol. The number of rotatable bonds is 33. The molecule has 0 aliphatic carbocycles. The highest BCUT2D eigenvalue weighted by Gasteiger charge is 2.50. The summed E-state index contributed by atoms with van der Waals surface area (Å²) >= 11 is 1.08. The van der Waals surface area contributed by atoms with Crippen LogP contribution in [0.1, 0.15) is 78.4 Å². The van der Waals surface area contributed by atoms with E-state index in [0.717, 1.165) is 54.7 Å². The number of aliphatic hydroxyl groups excluding tert-OH is 3. The van der Waals surface area contributed by atoms with Gasteiger partial charge in [-0.2, -0.15) is 4.31 Å². The summed E-state index contributed by atoms with van der Waals surface area (Å²) in [7, 11) is -16.4. The number of aromatic nitrogens is 4. The van der Waals surface area contributed by atoms with E-state index in [1.165, 1.54) is 13.8 Å². The lowest BCUT2D eigenvalue weighted by Gasteiger charge is -2.30. The van der Waals surface area contributed by atoms with Crippen LogP contribution in [-0.2, 0) is 50.7 Å². The number of carbonyl (C=O) groups is 3. The minimum Gasteiger partial charge on any atom is -0.389 e. The van der Waals surface area contributed by atoms with E-state index in [1.807, 2.05) is 48.6 Å². The normalized spacial score (nSPS) is 20.6. The highest BCUT2D eigenvalue weighted by Crippen LogP contribution is 2.61. The van der Waals surface area contributed by atoms with Crippen LogP contribution in [0.3, 0.4) is 0 Å². The molecular formula is C43H66N7O18P3S. The van der Waals surface area contributed by atoms with Crippen molar-refractivity contribution in [1.29, 1.82) is 0 Å². The molecule has 8 unspecified atom stereocenters. The van der Waals surface area contributed by atoms with Gasteiger partial charge in [-0.25, -0.2) is 28.6 Å². The molecule has 2 aromatic heterocycles. The first-order valence-corrected chi connectivity index (χ1v) is 28.1. The standard InChI is InChI=1S/C43H66N7O18P3S/c1-4-5-6-17-20-31(51)21-18-15-13-11-9-7-8-10-12-14-16-19-22-34(53)72-26-25-45-33(52)23-24-46-41(56)38(55)43(2,3)28-65-71(62,63)68-70(60,61)64-27-32-37(67-69(57,58)59)36(54)42(66-32)50-30-49-35-39(44)47-29-48-40(35)50/h5-6,8-11,14-18,20,29-32,36-38,42,51,54-55H,4,7,12-13,19,21-28H2,1-3H3,(H,45,52)(H,46,56)(H,60,61)(H,62,63)(H2,44,47,48)(H2,57,58,59)/b6-5+,10-8+,11-9+,16-14+,18-15+,20-17+. The summed E-state index contributed by atoms with van der Waals surface area (Å²) in [4.78, 5) is 88.4. The van der Waals surface area contributed by atoms with E-state index in [1.54, 1.807) is 6.08 Å². The molecule has 1 fully saturated rings. The van der Waals surface area contributed by atoms with E-state index in [-0.39, 0.29) is 41.6 Å². The molecule has 0 radical (unpaired) electrons. The number of fused-ring (bicyclic) bond motifs is 1. The van der Waals surface area contributed by atoms with Crippen LogP contribution in [0.15, 0.2) is 85.6 Å². The number of anilines is 1. The lowest BCUT2D eigenvalue weighted by atomic mass is 9.87. The number of hydrogen-bond acceptors (Lipinski definition) is 19. The zero-order chi connectivity index (χ0) is 53.4. The third kappa shape index (κ3) is 23.4. The molecule has 402 valence electrons. The molecule has 1 saturated heterocycles. The van der Waals surface area contributed by atoms with Crippen LogP contribution < -0.4 is 16.4 Å². The average Bonchev–Trinajstić information content (AvgIpc) is 3.87. The van der Waals surface area contributed by atoms with Crippen LogP contribution in [0.25, 0.3) is 11.2 Å². The number of amides is 2. The molecule has 1 aliphatic heterocycles. The first-order valence-electron chi connectivity index (χ1n) is 22.6. The monoisotopic (exact) mass is 1090 g/mol. The number of nitrogens with one attached hydrogen (secondary N) is 2. The fourth-order valence-corrected chi connectivity index (χ4v) is 9.74. The maximum absolute atomic E-state index is 12.7. The topological polar surface area (TPSA) is 384 Å². The number of imidazole rings is 1. The van der Waals surface area contributed by atoms with Gasteiger partial charge >= 0.3 is 23.5 Å². The first kappa shape index (κ1) is 62.3. The largest absolute Gasteiger partial charge is 0.481 e. The van der Waals surface area contributed by atoms with Gasteiger partial charge < -0.3 is 56.0 Å². The number of hydrogen-bond donors (Lipinski definition) is 10. The van der Waals surface area contributed by atoms with Crippen LogP contribution in [0.5, 0.6) is 0 Å². The van der Waals surface area contributed by atoms with Gasteiger partial charge in [-0.05, 0) is 38.5 Å². The van der Waals surface area contributed by atoms with Gasteiger partial charge in [0, 0.05) is 37.1 Å². The molecule has 25 nitrogen and oxygen atoms in total. The third-order valence-electron chi connectivity index (χ3n) is 9.96. The second-order valence-corrected chi connectivity index (χ2v) is 21.8. The second kappa shape index (κ2) is 31.0. The molecule has 29 heteroatoms. The molecule has 0 saturated carbocycles. The van der Waals surface area contributed by atoms with Gasteiger partial charge in [-0.15, -0.1) is 0 Å². The van der Waals surface area contributed by atoms with E-state index in [4.69, 9.17) is 19.5 Å². The van der Waals surface area contributed by atoms with E-state index >= 15 is 0 Å². The second-order valence-electron chi connectivity index (χ2n) is 16.4. The molecule has 3 heterocycles. The number of phosphoric ester groups is 3. The SMILES string of the molecule is CC/C=C/C=C/C(O)C/C=C/C/C=C/C/C=C/C/C=C/CCC(=O)SCCNC(=O)CCNC(=O)C(O)C(C)(C)COP(=O)(O)OP(=O)(O)OCC1OC(n2cnc3c(N)ncnc32)C(O)C1OP(=O)(O)O. The van der Waals surface area contributed by atoms with E-state index < -0.39 is 90.7 Å². The number of ether oxygens (including phenoxy) is 1. The smallest absolute Gasteiger partial charge is 0.389 e. The Kier molecular flexibility index (Phi) is 26.8. The Bertz CT molecular complexity index is 2390. The molecule has 8 atom stereocenters. The number of carbonyl (C=O) groups excluding carboxylic acids is 3. The third-order valence-corrected chi connectivity index (χ3v) is 14.0. The number of nitrogens with zero attached hydrogens (tertiary/aromatic N) is 4. The summed E-state index contributed by atoms with van der Waals surface area (Å²) in [5.74, 6) is -1.14. The van der Waals surface area contributed by atoms with Gasteiger partial charge in [-0.3, -0.25) is 32.5 Å². The van der Waals surface area contributed by atoms with Crippen molar-refractivity contribution < 1.29 is 85.6 Å². The van der Waals surface area contributed by atoms with Gasteiger partial charge in [0.05, 0.1) is 25.6 Å². The van der Waals surface area contributed by atoms with Crippen LogP contribution >= 0.6 is 35.2 Å². The summed E-state index contributed by atoms with van der Waals surface area (Å²) in [5.41, 5.74) is 4.26. The minimum atomic E-state index is -5.59. The molecule has 2 aromatic rings. The Morgan fingerprint density at radius 2 is 1.54 bits per heavy atom. The Labute approximate surface area is 421 Å². The molecule has 0 bridgehead atoms. The molecule has 0 aromatic carbocycles. The summed E-state index contributed by atoms with van der Waals surface area (Å²) in [6.07, 6.45) is 21.0. The number of allylic oxidation sites excluding steroid dienone is 10. The summed E-state index contributed by atoms with van der Waals surface area (Å²) in [6.45, 7) is 2.50. The van der Waals surface area contributed by atoms with Crippen LogP contribution in [0.2, 0.25) is 0 Å². The highest BCUT2D eigenvalue weighted by atomic mass is 32.2. The fourth-order valence-electron chi connectivity index (χ4n) is 6.22. The fraction of sp³-hybridized carbons (Fsp3) is 0.535. The van der Waals surface area contributed by atoms with Crippen molar-refractivity contribution in [3.05, 3.63) is 85.6 Å². The lowest BCUT2D eigenvalue weighted by molar-refractivity contribution is -0.137. The Morgan fingerprint density at radius 1 is 0.889 bits per heavy atom. The van der Waals surface area contributed by atoms with Gasteiger partial charge in [0.2, 0.25) is 11.8 Å². The van der Waals surface area contributed by atoms with Gasteiger partial charge in [0.15, 0.2) is 22.8 Å². The lowest BCUT2D eigenvalue weighted by Crippen LogP contribution is -2.46. The van der Waals surface area contributed by atoms with Crippen molar-refractivity contribution in [2.24, 2.45) is 5.41 Å². The Hall–Kier alpha value is -4.04.